The minimum absolute atomic E-state index is 0.169. The quantitative estimate of drug-likeness (QED) is 0.848. The Kier molecular flexibility index (Phi) is 5.60. The van der Waals surface area contributed by atoms with E-state index in [1.807, 2.05) is 0 Å². The second-order valence-corrected chi connectivity index (χ2v) is 6.38. The van der Waals surface area contributed by atoms with Crippen LogP contribution in [0, 0.1) is 5.92 Å². The molecule has 0 unspecified atom stereocenters. The van der Waals surface area contributed by atoms with Crippen LogP contribution in [0.1, 0.15) is 6.42 Å². The average Bonchev–Trinajstić information content (AvgIpc) is 3.21. The fourth-order valence-corrected chi connectivity index (χ4v) is 2.80. The normalized spacial score (nSPS) is 17.0. The number of hydrogen-bond acceptors (Lipinski definition) is 4. The van der Waals surface area contributed by atoms with Gasteiger partial charge in [-0.15, -0.1) is 0 Å². The molecule has 1 aliphatic heterocycles. The Morgan fingerprint density at radius 3 is 3.08 bits per heavy atom. The molecule has 0 bridgehead atoms. The molecule has 2 heterocycles. The van der Waals surface area contributed by atoms with Crippen LogP contribution in [-0.2, 0) is 16.1 Å². The van der Waals surface area contributed by atoms with Gasteiger partial charge in [0, 0.05) is 36.2 Å². The zero-order valence-electron chi connectivity index (χ0n) is 12.9. The van der Waals surface area contributed by atoms with Crippen LogP contribution in [0.25, 0.3) is 0 Å². The highest BCUT2D eigenvalue weighted by Gasteiger charge is 2.18. The number of carbonyl (C=O) groups excluding carboxylic acids is 1. The van der Waals surface area contributed by atoms with E-state index in [1.54, 1.807) is 35.1 Å². The van der Waals surface area contributed by atoms with Crippen LogP contribution in [0.2, 0.25) is 10.0 Å². The first kappa shape index (κ1) is 17.1. The molecule has 1 atom stereocenters. The fourth-order valence-electron chi connectivity index (χ4n) is 2.47. The van der Waals surface area contributed by atoms with E-state index in [4.69, 9.17) is 32.7 Å². The third kappa shape index (κ3) is 4.41. The highest BCUT2D eigenvalue weighted by molar-refractivity contribution is 6.34. The van der Waals surface area contributed by atoms with Gasteiger partial charge in [-0.1, -0.05) is 23.2 Å². The lowest BCUT2D eigenvalue weighted by molar-refractivity contribution is -0.118. The van der Waals surface area contributed by atoms with E-state index < -0.39 is 0 Å². The van der Waals surface area contributed by atoms with E-state index in [0.29, 0.717) is 34.1 Å². The predicted octanol–water partition coefficient (Wildman–Crippen LogP) is 3.24. The Bertz CT molecular complexity index is 714. The van der Waals surface area contributed by atoms with Crippen molar-refractivity contribution in [3.05, 3.63) is 40.5 Å². The molecular formula is C16H17Cl2N3O3. The highest BCUT2D eigenvalue weighted by atomic mass is 35.5. The number of nitrogens with one attached hydrogen (secondary N) is 1. The lowest BCUT2D eigenvalue weighted by Gasteiger charge is -2.13. The highest BCUT2D eigenvalue weighted by Crippen LogP contribution is 2.27. The van der Waals surface area contributed by atoms with Crippen LogP contribution in [-0.4, -0.2) is 35.5 Å². The number of halogens is 2. The second-order valence-electron chi connectivity index (χ2n) is 5.54. The molecule has 8 heteroatoms. The topological polar surface area (TPSA) is 65.4 Å². The van der Waals surface area contributed by atoms with Crippen LogP contribution >= 0.6 is 23.2 Å². The number of carbonyl (C=O) groups is 1. The summed E-state index contributed by atoms with van der Waals surface area (Å²) in [5, 5.41) is 7.93. The van der Waals surface area contributed by atoms with Gasteiger partial charge in [0.25, 0.3) is 5.91 Å². The molecule has 0 spiro atoms. The third-order valence-electron chi connectivity index (χ3n) is 3.69. The van der Waals surface area contributed by atoms with E-state index in [0.717, 1.165) is 19.6 Å². The van der Waals surface area contributed by atoms with Gasteiger partial charge in [0.1, 0.15) is 11.6 Å². The van der Waals surface area contributed by atoms with Gasteiger partial charge in [0.15, 0.2) is 6.61 Å². The van der Waals surface area contributed by atoms with Crippen molar-refractivity contribution in [2.45, 2.75) is 13.0 Å². The molecule has 1 amide bonds. The zero-order chi connectivity index (χ0) is 16.9. The van der Waals surface area contributed by atoms with Gasteiger partial charge in [-0.3, -0.25) is 4.79 Å². The van der Waals surface area contributed by atoms with Crippen molar-refractivity contribution in [1.82, 2.24) is 9.78 Å². The summed E-state index contributed by atoms with van der Waals surface area (Å²) in [7, 11) is 0. The molecule has 1 fully saturated rings. The SMILES string of the molecule is O=C(COc1cc(Cl)ccc1Cl)Nc1ccnn1C[C@H]1CCOC1. The van der Waals surface area contributed by atoms with Gasteiger partial charge in [-0.2, -0.15) is 5.10 Å². The van der Waals surface area contributed by atoms with E-state index in [9.17, 15) is 4.79 Å². The molecule has 2 aromatic rings. The van der Waals surface area contributed by atoms with Crippen molar-refractivity contribution in [3.8, 4) is 5.75 Å². The summed E-state index contributed by atoms with van der Waals surface area (Å²) in [5.41, 5.74) is 0. The first-order valence-electron chi connectivity index (χ1n) is 7.59. The molecule has 0 saturated carbocycles. The maximum absolute atomic E-state index is 12.1. The van der Waals surface area contributed by atoms with Crippen LogP contribution in [0.15, 0.2) is 30.5 Å². The van der Waals surface area contributed by atoms with Crippen molar-refractivity contribution in [1.29, 1.82) is 0 Å². The number of hydrogen-bond donors (Lipinski definition) is 1. The third-order valence-corrected chi connectivity index (χ3v) is 4.24. The van der Waals surface area contributed by atoms with E-state index in [1.165, 1.54) is 0 Å². The first-order chi connectivity index (χ1) is 11.6. The van der Waals surface area contributed by atoms with Gasteiger partial charge in [-0.05, 0) is 18.6 Å². The minimum Gasteiger partial charge on any atom is -0.482 e. The number of benzene rings is 1. The molecule has 1 saturated heterocycles. The smallest absolute Gasteiger partial charge is 0.263 e. The second kappa shape index (κ2) is 7.88. The van der Waals surface area contributed by atoms with Crippen molar-refractivity contribution < 1.29 is 14.3 Å². The number of rotatable bonds is 6. The predicted molar refractivity (Wildman–Crippen MR) is 91.7 cm³/mol. The van der Waals surface area contributed by atoms with Crippen molar-refractivity contribution in [2.75, 3.05) is 25.1 Å². The van der Waals surface area contributed by atoms with Crippen molar-refractivity contribution >= 4 is 34.9 Å². The Morgan fingerprint density at radius 1 is 1.42 bits per heavy atom. The minimum atomic E-state index is -0.296. The molecule has 24 heavy (non-hydrogen) atoms. The Labute approximate surface area is 149 Å². The lowest BCUT2D eigenvalue weighted by Crippen LogP contribution is -2.23. The Morgan fingerprint density at radius 2 is 2.29 bits per heavy atom. The molecule has 0 aliphatic carbocycles. The summed E-state index contributed by atoms with van der Waals surface area (Å²) < 4.78 is 12.6. The van der Waals surface area contributed by atoms with Crippen LogP contribution < -0.4 is 10.1 Å². The van der Waals surface area contributed by atoms with E-state index >= 15 is 0 Å². The van der Waals surface area contributed by atoms with Crippen LogP contribution in [0.3, 0.4) is 0 Å². The van der Waals surface area contributed by atoms with Crippen molar-refractivity contribution in [2.24, 2.45) is 5.92 Å². The van der Waals surface area contributed by atoms with Crippen molar-refractivity contribution in [3.63, 3.8) is 0 Å². The molecule has 1 aliphatic rings. The average molecular weight is 370 g/mol. The molecule has 1 aromatic carbocycles. The van der Waals surface area contributed by atoms with Crippen LogP contribution in [0.5, 0.6) is 5.75 Å². The van der Waals surface area contributed by atoms with E-state index in [2.05, 4.69) is 10.4 Å². The number of nitrogens with zero attached hydrogens (tertiary/aromatic N) is 2. The molecule has 1 aromatic heterocycles. The van der Waals surface area contributed by atoms with Gasteiger partial charge in [-0.25, -0.2) is 4.68 Å². The van der Waals surface area contributed by atoms with Crippen LogP contribution in [0.4, 0.5) is 5.82 Å². The monoisotopic (exact) mass is 369 g/mol. The molecular weight excluding hydrogens is 353 g/mol. The first-order valence-corrected chi connectivity index (χ1v) is 8.34. The van der Waals surface area contributed by atoms with E-state index in [-0.39, 0.29) is 12.5 Å². The number of amides is 1. The Hall–Kier alpha value is -1.76. The lowest BCUT2D eigenvalue weighted by atomic mass is 10.1. The van der Waals surface area contributed by atoms with Gasteiger partial charge < -0.3 is 14.8 Å². The zero-order valence-corrected chi connectivity index (χ0v) is 14.4. The maximum atomic E-state index is 12.1. The summed E-state index contributed by atoms with van der Waals surface area (Å²) in [4.78, 5) is 12.1. The number of aromatic nitrogens is 2. The summed E-state index contributed by atoms with van der Waals surface area (Å²) in [5.74, 6) is 1.13. The molecule has 6 nitrogen and oxygen atoms in total. The molecule has 0 radical (unpaired) electrons. The van der Waals surface area contributed by atoms with Gasteiger partial charge in [0.05, 0.1) is 17.8 Å². The summed E-state index contributed by atoms with van der Waals surface area (Å²) >= 11 is 11.9. The Balaban J connectivity index is 1.55. The fraction of sp³-hybridized carbons (Fsp3) is 0.375. The molecule has 128 valence electrons. The number of ether oxygens (including phenoxy) is 2. The summed E-state index contributed by atoms with van der Waals surface area (Å²) in [6.45, 7) is 2.05. The largest absolute Gasteiger partial charge is 0.482 e. The molecule has 1 N–H and O–H groups in total. The summed E-state index contributed by atoms with van der Waals surface area (Å²) in [6, 6.07) is 6.60. The standard InChI is InChI=1S/C16H17Cl2N3O3/c17-12-1-2-13(18)14(7-12)24-10-16(22)20-15-3-5-19-21(15)8-11-4-6-23-9-11/h1-3,5,7,11H,4,6,8-10H2,(H,20,22)/t11-/m1/s1. The summed E-state index contributed by atoms with van der Waals surface area (Å²) in [6.07, 6.45) is 2.66. The maximum Gasteiger partial charge on any atom is 0.263 e. The molecule has 3 rings (SSSR count). The number of anilines is 1. The van der Waals surface area contributed by atoms with Gasteiger partial charge >= 0.3 is 0 Å². The van der Waals surface area contributed by atoms with Gasteiger partial charge in [0.2, 0.25) is 0 Å².